The lowest BCUT2D eigenvalue weighted by atomic mass is 10.1. The zero-order chi connectivity index (χ0) is 17.5. The number of nitrogens with one attached hydrogen (secondary N) is 1. The van der Waals surface area contributed by atoms with Gasteiger partial charge in [0.1, 0.15) is 0 Å². The number of benzene rings is 2. The molecule has 2 aromatic rings. The van der Waals surface area contributed by atoms with Crippen molar-refractivity contribution in [3.05, 3.63) is 71.3 Å². The lowest BCUT2D eigenvalue weighted by Gasteiger charge is -2.13. The molecule has 1 N–H and O–H groups in total. The van der Waals surface area contributed by atoms with Crippen LogP contribution in [0.25, 0.3) is 0 Å². The highest BCUT2D eigenvalue weighted by Gasteiger charge is 2.34. The fraction of sp³-hybridized carbons (Fsp3) is 0.333. The number of carbonyl (C=O) groups excluding carboxylic acids is 2. The molecule has 0 atom stereocenters. The SMILES string of the molecule is O=C1c2ccccc2C(=O)N1CCCCCCNCc1ccccc1. The summed E-state index contributed by atoms with van der Waals surface area (Å²) in [5.74, 6) is -0.296. The molecule has 0 bridgehead atoms. The molecule has 0 aromatic heterocycles. The van der Waals surface area contributed by atoms with Crippen LogP contribution in [0.3, 0.4) is 0 Å². The van der Waals surface area contributed by atoms with Crippen LogP contribution in [-0.4, -0.2) is 29.8 Å². The predicted molar refractivity (Wildman–Crippen MR) is 98.4 cm³/mol. The second-order valence-corrected chi connectivity index (χ2v) is 6.38. The molecule has 0 fully saturated rings. The van der Waals surface area contributed by atoms with Gasteiger partial charge < -0.3 is 5.32 Å². The van der Waals surface area contributed by atoms with Crippen LogP contribution in [0.4, 0.5) is 0 Å². The van der Waals surface area contributed by atoms with Crippen LogP contribution < -0.4 is 5.32 Å². The van der Waals surface area contributed by atoms with E-state index in [1.807, 2.05) is 6.07 Å². The normalized spacial score (nSPS) is 13.4. The molecule has 2 amide bonds. The summed E-state index contributed by atoms with van der Waals surface area (Å²) in [4.78, 5) is 25.9. The van der Waals surface area contributed by atoms with Crippen molar-refractivity contribution in [2.24, 2.45) is 0 Å². The third-order valence-corrected chi connectivity index (χ3v) is 4.54. The maximum absolute atomic E-state index is 12.2. The Morgan fingerprint density at radius 2 is 1.32 bits per heavy atom. The molecule has 2 aromatic carbocycles. The summed E-state index contributed by atoms with van der Waals surface area (Å²) < 4.78 is 0. The van der Waals surface area contributed by atoms with Crippen LogP contribution in [0.15, 0.2) is 54.6 Å². The van der Waals surface area contributed by atoms with E-state index in [9.17, 15) is 9.59 Å². The summed E-state index contributed by atoms with van der Waals surface area (Å²) in [5, 5.41) is 3.44. The van der Waals surface area contributed by atoms with E-state index < -0.39 is 0 Å². The van der Waals surface area contributed by atoms with Crippen LogP contribution in [0.2, 0.25) is 0 Å². The Morgan fingerprint density at radius 1 is 0.720 bits per heavy atom. The van der Waals surface area contributed by atoms with Gasteiger partial charge in [-0.1, -0.05) is 55.3 Å². The maximum Gasteiger partial charge on any atom is 0.261 e. The zero-order valence-corrected chi connectivity index (χ0v) is 14.4. The Labute approximate surface area is 148 Å². The van der Waals surface area contributed by atoms with Gasteiger partial charge in [0.25, 0.3) is 11.8 Å². The number of fused-ring (bicyclic) bond motifs is 1. The van der Waals surface area contributed by atoms with Crippen molar-refractivity contribution in [1.29, 1.82) is 0 Å². The number of amides is 2. The number of carbonyl (C=O) groups is 2. The standard InChI is InChI=1S/C21H24N2O2/c24-20-18-12-6-7-13-19(18)21(25)23(20)15-9-2-1-8-14-22-16-17-10-4-3-5-11-17/h3-7,10-13,22H,1-2,8-9,14-16H2. The zero-order valence-electron chi connectivity index (χ0n) is 14.4. The third-order valence-electron chi connectivity index (χ3n) is 4.54. The molecule has 0 saturated carbocycles. The highest BCUT2D eigenvalue weighted by Crippen LogP contribution is 2.22. The van der Waals surface area contributed by atoms with Crippen LogP contribution in [0.5, 0.6) is 0 Å². The largest absolute Gasteiger partial charge is 0.313 e. The van der Waals surface area contributed by atoms with E-state index in [-0.39, 0.29) is 11.8 Å². The fourth-order valence-electron chi connectivity index (χ4n) is 3.14. The van der Waals surface area contributed by atoms with Crippen molar-refractivity contribution in [3.63, 3.8) is 0 Å². The first-order valence-electron chi connectivity index (χ1n) is 8.97. The Kier molecular flexibility index (Phi) is 5.96. The first kappa shape index (κ1) is 17.4. The summed E-state index contributed by atoms with van der Waals surface area (Å²) in [6, 6.07) is 17.4. The smallest absolute Gasteiger partial charge is 0.261 e. The summed E-state index contributed by atoms with van der Waals surface area (Å²) in [6.45, 7) is 2.40. The number of imide groups is 1. The highest BCUT2D eigenvalue weighted by atomic mass is 16.2. The van der Waals surface area contributed by atoms with E-state index in [1.54, 1.807) is 24.3 Å². The second kappa shape index (κ2) is 8.58. The molecule has 1 aliphatic heterocycles. The van der Waals surface area contributed by atoms with Crippen LogP contribution in [0, 0.1) is 0 Å². The van der Waals surface area contributed by atoms with E-state index in [1.165, 1.54) is 10.5 Å². The van der Waals surface area contributed by atoms with E-state index in [2.05, 4.69) is 29.6 Å². The van der Waals surface area contributed by atoms with Crippen molar-refractivity contribution < 1.29 is 9.59 Å². The summed E-state index contributed by atoms with van der Waals surface area (Å²) in [7, 11) is 0. The Morgan fingerprint density at radius 3 is 2.00 bits per heavy atom. The lowest BCUT2D eigenvalue weighted by Crippen LogP contribution is -2.30. The minimum absolute atomic E-state index is 0.148. The second-order valence-electron chi connectivity index (χ2n) is 6.38. The highest BCUT2D eigenvalue weighted by molar-refractivity contribution is 6.21. The van der Waals surface area contributed by atoms with Gasteiger partial charge in [0.15, 0.2) is 0 Å². The monoisotopic (exact) mass is 336 g/mol. The molecule has 3 rings (SSSR count). The van der Waals surface area contributed by atoms with Gasteiger partial charge in [0.05, 0.1) is 11.1 Å². The van der Waals surface area contributed by atoms with Gasteiger partial charge in [-0.25, -0.2) is 0 Å². The summed E-state index contributed by atoms with van der Waals surface area (Å²) in [6.07, 6.45) is 4.10. The minimum atomic E-state index is -0.148. The average molecular weight is 336 g/mol. The Hall–Kier alpha value is -2.46. The van der Waals surface area contributed by atoms with Gasteiger partial charge in [0, 0.05) is 13.1 Å². The third kappa shape index (κ3) is 4.34. The minimum Gasteiger partial charge on any atom is -0.313 e. The molecule has 0 aliphatic carbocycles. The van der Waals surface area contributed by atoms with Gasteiger partial charge in [-0.2, -0.15) is 0 Å². The number of hydrogen-bond donors (Lipinski definition) is 1. The number of hydrogen-bond acceptors (Lipinski definition) is 3. The molecule has 0 unspecified atom stereocenters. The maximum atomic E-state index is 12.2. The van der Waals surface area contributed by atoms with Gasteiger partial charge in [-0.3, -0.25) is 14.5 Å². The molecule has 0 spiro atoms. The van der Waals surface area contributed by atoms with Gasteiger partial charge in [-0.05, 0) is 37.1 Å². The van der Waals surface area contributed by atoms with Gasteiger partial charge in [-0.15, -0.1) is 0 Å². The van der Waals surface area contributed by atoms with E-state index in [4.69, 9.17) is 0 Å². The molecule has 0 saturated heterocycles. The Bertz CT molecular complexity index is 693. The van der Waals surface area contributed by atoms with E-state index >= 15 is 0 Å². The molecule has 4 nitrogen and oxygen atoms in total. The fourth-order valence-corrected chi connectivity index (χ4v) is 3.14. The van der Waals surface area contributed by atoms with Crippen LogP contribution in [0.1, 0.15) is 52.0 Å². The molecule has 25 heavy (non-hydrogen) atoms. The summed E-state index contributed by atoms with van der Waals surface area (Å²) >= 11 is 0. The van der Waals surface area contributed by atoms with Gasteiger partial charge in [0.2, 0.25) is 0 Å². The number of rotatable bonds is 9. The van der Waals surface area contributed by atoms with Crippen molar-refractivity contribution in [3.8, 4) is 0 Å². The van der Waals surface area contributed by atoms with Crippen LogP contribution >= 0.6 is 0 Å². The molecular formula is C21H24N2O2. The van der Waals surface area contributed by atoms with E-state index in [0.717, 1.165) is 38.8 Å². The van der Waals surface area contributed by atoms with Crippen LogP contribution in [-0.2, 0) is 6.54 Å². The lowest BCUT2D eigenvalue weighted by molar-refractivity contribution is 0.0651. The quantitative estimate of drug-likeness (QED) is 0.562. The molecular weight excluding hydrogens is 312 g/mol. The molecule has 1 heterocycles. The predicted octanol–water partition coefficient (Wildman–Crippen LogP) is 3.63. The molecule has 4 heteroatoms. The van der Waals surface area contributed by atoms with Gasteiger partial charge >= 0.3 is 0 Å². The summed E-state index contributed by atoms with van der Waals surface area (Å²) in [5.41, 5.74) is 2.38. The first-order chi connectivity index (χ1) is 12.3. The topological polar surface area (TPSA) is 49.4 Å². The molecule has 1 aliphatic rings. The number of nitrogens with zero attached hydrogens (tertiary/aromatic N) is 1. The van der Waals surface area contributed by atoms with Crippen molar-refractivity contribution >= 4 is 11.8 Å². The van der Waals surface area contributed by atoms with Crippen molar-refractivity contribution in [2.45, 2.75) is 32.2 Å². The Balaban J connectivity index is 1.29. The molecule has 0 radical (unpaired) electrons. The average Bonchev–Trinajstić information content (AvgIpc) is 2.90. The molecule has 130 valence electrons. The van der Waals surface area contributed by atoms with Crippen molar-refractivity contribution in [1.82, 2.24) is 10.2 Å². The van der Waals surface area contributed by atoms with Crippen molar-refractivity contribution in [2.75, 3.05) is 13.1 Å². The number of unbranched alkanes of at least 4 members (excludes halogenated alkanes) is 3. The first-order valence-corrected chi connectivity index (χ1v) is 8.97. The van der Waals surface area contributed by atoms with E-state index in [0.29, 0.717) is 17.7 Å².